The minimum atomic E-state index is -1.13. The fourth-order valence-electron chi connectivity index (χ4n) is 1.05. The molecule has 7 heteroatoms. The van der Waals surface area contributed by atoms with Crippen molar-refractivity contribution >= 4 is 17.9 Å². The Morgan fingerprint density at radius 1 is 0.867 bits per heavy atom. The minimum absolute atomic E-state index is 0.101. The van der Waals surface area contributed by atoms with E-state index in [0.29, 0.717) is 0 Å². The lowest BCUT2D eigenvalue weighted by Gasteiger charge is -2.16. The van der Waals surface area contributed by atoms with Crippen LogP contribution < -0.4 is 0 Å². The second-order valence-corrected chi connectivity index (χ2v) is 3.00. The molecule has 3 N–H and O–H groups in total. The van der Waals surface area contributed by atoms with Crippen LogP contribution in [0.25, 0.3) is 0 Å². The molecule has 0 aromatic rings. The van der Waals surface area contributed by atoms with Crippen molar-refractivity contribution in [3.05, 3.63) is 0 Å². The lowest BCUT2D eigenvalue weighted by molar-refractivity contribution is -0.141. The molecule has 0 unspecified atom stereocenters. The van der Waals surface area contributed by atoms with Gasteiger partial charge < -0.3 is 15.3 Å². The minimum Gasteiger partial charge on any atom is -0.481 e. The predicted molar refractivity (Wildman–Crippen MR) is 48.6 cm³/mol. The Labute approximate surface area is 85.9 Å². The summed E-state index contributed by atoms with van der Waals surface area (Å²) in [4.78, 5) is 32.0. The number of carboxylic acids is 3. The van der Waals surface area contributed by atoms with Crippen molar-refractivity contribution in [3.8, 4) is 0 Å². The van der Waals surface area contributed by atoms with Gasteiger partial charge in [-0.3, -0.25) is 19.3 Å². The predicted octanol–water partition coefficient (Wildman–Crippen LogP) is -0.678. The van der Waals surface area contributed by atoms with Crippen LogP contribution in [0.15, 0.2) is 0 Å². The molecule has 0 atom stereocenters. The van der Waals surface area contributed by atoms with Crippen molar-refractivity contribution < 1.29 is 29.7 Å². The van der Waals surface area contributed by atoms with Gasteiger partial charge in [0, 0.05) is 6.42 Å². The zero-order valence-electron chi connectivity index (χ0n) is 8.05. The molecule has 0 saturated carbocycles. The zero-order valence-corrected chi connectivity index (χ0v) is 8.05. The highest BCUT2D eigenvalue weighted by atomic mass is 16.4. The molecule has 0 aliphatic rings. The molecule has 0 saturated heterocycles. The maximum absolute atomic E-state index is 10.3. The maximum atomic E-state index is 10.3. The number of carboxylic acid groups (broad SMARTS) is 3. The van der Waals surface area contributed by atoms with Crippen LogP contribution in [-0.4, -0.2) is 57.8 Å². The van der Waals surface area contributed by atoms with E-state index in [1.165, 1.54) is 4.90 Å². The molecule has 0 amide bonds. The largest absolute Gasteiger partial charge is 0.481 e. The average molecular weight is 219 g/mol. The van der Waals surface area contributed by atoms with Crippen LogP contribution in [-0.2, 0) is 14.4 Å². The van der Waals surface area contributed by atoms with Gasteiger partial charge in [0.2, 0.25) is 0 Å². The van der Waals surface area contributed by atoms with Gasteiger partial charge in [-0.1, -0.05) is 0 Å². The van der Waals surface area contributed by atoms with Gasteiger partial charge in [0.25, 0.3) is 0 Å². The summed E-state index contributed by atoms with van der Waals surface area (Å²) in [7, 11) is 0. The van der Waals surface area contributed by atoms with E-state index in [1.807, 2.05) is 0 Å². The summed E-state index contributed by atoms with van der Waals surface area (Å²) in [5.74, 6) is -3.25. The summed E-state index contributed by atoms with van der Waals surface area (Å²) < 4.78 is 0. The van der Waals surface area contributed by atoms with Crippen LogP contribution in [0.2, 0.25) is 0 Å². The van der Waals surface area contributed by atoms with Crippen molar-refractivity contribution in [1.29, 1.82) is 0 Å². The first-order valence-electron chi connectivity index (χ1n) is 4.29. The molecule has 0 aliphatic heterocycles. The number of nitrogens with zero attached hydrogens (tertiary/aromatic N) is 1. The van der Waals surface area contributed by atoms with E-state index >= 15 is 0 Å². The summed E-state index contributed by atoms with van der Waals surface area (Å²) >= 11 is 0. The standard InChI is InChI=1S/C8H13NO6/c10-6(11)2-1-3-9(4-7(12)13)5-8(14)15/h1-5H2,(H,10,11)(H,12,13)(H,14,15). The molecule has 7 nitrogen and oxygen atoms in total. The van der Waals surface area contributed by atoms with Crippen molar-refractivity contribution in [2.45, 2.75) is 12.8 Å². The lowest BCUT2D eigenvalue weighted by Crippen LogP contribution is -2.35. The molecule has 0 rings (SSSR count). The van der Waals surface area contributed by atoms with Crippen LogP contribution >= 0.6 is 0 Å². The Morgan fingerprint density at radius 3 is 1.67 bits per heavy atom. The number of aliphatic carboxylic acids is 3. The first kappa shape index (κ1) is 13.4. The molecule has 0 aliphatic carbocycles. The molecule has 0 bridgehead atoms. The second-order valence-electron chi connectivity index (χ2n) is 3.00. The molecule has 0 aromatic carbocycles. The topological polar surface area (TPSA) is 115 Å². The molecule has 0 aromatic heterocycles. The van der Waals surface area contributed by atoms with Crippen LogP contribution in [0, 0.1) is 0 Å². The van der Waals surface area contributed by atoms with Gasteiger partial charge in [-0.15, -0.1) is 0 Å². The molecule has 0 heterocycles. The van der Waals surface area contributed by atoms with Gasteiger partial charge in [0.05, 0.1) is 13.1 Å². The van der Waals surface area contributed by atoms with Crippen LogP contribution in [0.4, 0.5) is 0 Å². The summed E-state index contributed by atoms with van der Waals surface area (Å²) in [6.07, 6.45) is 0.131. The van der Waals surface area contributed by atoms with E-state index in [1.54, 1.807) is 0 Å². The highest BCUT2D eigenvalue weighted by Gasteiger charge is 2.13. The first-order valence-corrected chi connectivity index (χ1v) is 4.29. The van der Waals surface area contributed by atoms with Crippen LogP contribution in [0.1, 0.15) is 12.8 Å². The van der Waals surface area contributed by atoms with E-state index in [-0.39, 0.29) is 19.4 Å². The van der Waals surface area contributed by atoms with E-state index in [0.717, 1.165) is 0 Å². The smallest absolute Gasteiger partial charge is 0.317 e. The molecule has 0 spiro atoms. The van der Waals surface area contributed by atoms with Crippen molar-refractivity contribution in [2.24, 2.45) is 0 Å². The van der Waals surface area contributed by atoms with E-state index < -0.39 is 31.0 Å². The van der Waals surface area contributed by atoms with Gasteiger partial charge in [-0.25, -0.2) is 0 Å². The fourth-order valence-corrected chi connectivity index (χ4v) is 1.05. The zero-order chi connectivity index (χ0) is 11.8. The van der Waals surface area contributed by atoms with Crippen LogP contribution in [0.5, 0.6) is 0 Å². The summed E-state index contributed by atoms with van der Waals surface area (Å²) in [6.45, 7) is -0.650. The highest BCUT2D eigenvalue weighted by Crippen LogP contribution is 1.95. The number of carbonyl (C=O) groups is 3. The molecule has 86 valence electrons. The highest BCUT2D eigenvalue weighted by molar-refractivity contribution is 5.72. The van der Waals surface area contributed by atoms with Gasteiger partial charge in [0.15, 0.2) is 0 Å². The summed E-state index contributed by atoms with van der Waals surface area (Å²) in [5.41, 5.74) is 0. The van der Waals surface area contributed by atoms with Crippen molar-refractivity contribution in [3.63, 3.8) is 0 Å². The molecule has 15 heavy (non-hydrogen) atoms. The monoisotopic (exact) mass is 219 g/mol. The molecular weight excluding hydrogens is 206 g/mol. The van der Waals surface area contributed by atoms with Gasteiger partial charge in [0.1, 0.15) is 0 Å². The van der Waals surface area contributed by atoms with Gasteiger partial charge in [-0.2, -0.15) is 0 Å². The molecular formula is C8H13NO6. The number of hydrogen-bond donors (Lipinski definition) is 3. The van der Waals surface area contributed by atoms with Gasteiger partial charge in [-0.05, 0) is 13.0 Å². The van der Waals surface area contributed by atoms with E-state index in [2.05, 4.69) is 0 Å². The fraction of sp³-hybridized carbons (Fsp3) is 0.625. The Morgan fingerprint density at radius 2 is 1.33 bits per heavy atom. The van der Waals surface area contributed by atoms with Crippen molar-refractivity contribution in [2.75, 3.05) is 19.6 Å². The van der Waals surface area contributed by atoms with Crippen molar-refractivity contribution in [1.82, 2.24) is 4.90 Å². The lowest BCUT2D eigenvalue weighted by atomic mass is 10.3. The third-order valence-corrected chi connectivity index (χ3v) is 1.58. The first-order chi connectivity index (χ1) is 6.91. The van der Waals surface area contributed by atoms with E-state index in [9.17, 15) is 14.4 Å². The summed E-state index contributed by atoms with van der Waals surface area (Å²) in [5, 5.41) is 25.2. The Kier molecular flexibility index (Phi) is 6.03. The van der Waals surface area contributed by atoms with Gasteiger partial charge >= 0.3 is 17.9 Å². The Hall–Kier alpha value is -1.63. The normalized spacial score (nSPS) is 10.2. The third kappa shape index (κ3) is 8.69. The van der Waals surface area contributed by atoms with E-state index in [4.69, 9.17) is 15.3 Å². The second kappa shape index (κ2) is 6.77. The van der Waals surface area contributed by atoms with Crippen LogP contribution in [0.3, 0.4) is 0 Å². The Balaban J connectivity index is 3.94. The quantitative estimate of drug-likeness (QED) is 0.495. The molecule has 0 radical (unpaired) electrons. The average Bonchev–Trinajstić information content (AvgIpc) is 2.00. The number of hydrogen-bond acceptors (Lipinski definition) is 4. The SMILES string of the molecule is O=C(O)CCCN(CC(=O)O)CC(=O)O. The summed E-state index contributed by atoms with van der Waals surface area (Å²) in [6, 6.07) is 0. The molecule has 0 fully saturated rings. The maximum Gasteiger partial charge on any atom is 0.317 e. The number of rotatable bonds is 8. The Bertz CT molecular complexity index is 236. The third-order valence-electron chi connectivity index (χ3n) is 1.58.